The van der Waals surface area contributed by atoms with Crippen molar-refractivity contribution < 1.29 is 19.6 Å². The van der Waals surface area contributed by atoms with Crippen LogP contribution < -0.4 is 4.74 Å². The van der Waals surface area contributed by atoms with Gasteiger partial charge < -0.3 is 9.84 Å². The first kappa shape index (κ1) is 14.4. The third-order valence-electron chi connectivity index (χ3n) is 2.32. The van der Waals surface area contributed by atoms with Crippen molar-refractivity contribution in [3.63, 3.8) is 0 Å². The molecule has 0 heterocycles. The Labute approximate surface area is 112 Å². The fourth-order valence-corrected chi connectivity index (χ4v) is 1.85. The predicted molar refractivity (Wildman–Crippen MR) is 68.1 cm³/mol. The van der Waals surface area contributed by atoms with Crippen LogP contribution in [0.5, 0.6) is 5.75 Å². The quantitative estimate of drug-likeness (QED) is 0.495. The number of nitro groups is 1. The normalized spacial score (nSPS) is 11.9. The highest BCUT2D eigenvalue weighted by molar-refractivity contribution is 9.08. The number of nitro benzene ring substituents is 1. The molecule has 6 nitrogen and oxygen atoms in total. The first-order chi connectivity index (χ1) is 8.49. The zero-order chi connectivity index (χ0) is 13.7. The monoisotopic (exact) mass is 317 g/mol. The Hall–Kier alpha value is -1.63. The topological polar surface area (TPSA) is 89.7 Å². The van der Waals surface area contributed by atoms with E-state index in [-0.39, 0.29) is 17.9 Å². The minimum absolute atomic E-state index is 0.0929. The van der Waals surface area contributed by atoms with Gasteiger partial charge in [-0.2, -0.15) is 0 Å². The second-order valence-corrected chi connectivity index (χ2v) is 4.09. The smallest absolute Gasteiger partial charge is 0.344 e. The van der Waals surface area contributed by atoms with Crippen molar-refractivity contribution in [3.05, 3.63) is 33.9 Å². The van der Waals surface area contributed by atoms with Crippen LogP contribution in [-0.2, 0) is 10.1 Å². The molecule has 0 saturated heterocycles. The van der Waals surface area contributed by atoms with Gasteiger partial charge in [-0.25, -0.2) is 4.79 Å². The number of aliphatic carboxylic acids is 1. The molecule has 1 N–H and O–H groups in total. The highest BCUT2D eigenvalue weighted by Gasteiger charge is 2.19. The average molecular weight is 318 g/mol. The van der Waals surface area contributed by atoms with E-state index < -0.39 is 17.0 Å². The zero-order valence-corrected chi connectivity index (χ0v) is 11.2. The number of rotatable bonds is 6. The molecule has 0 saturated carbocycles. The molecule has 1 aromatic rings. The molecule has 18 heavy (non-hydrogen) atoms. The lowest BCUT2D eigenvalue weighted by Gasteiger charge is -2.13. The molecule has 0 fully saturated rings. The molecular formula is C11H12BrNO5. The standard InChI is InChI=1S/C11H12BrNO5/c1-2-10(11(14)15)18-8-4-3-7(6-12)9(5-8)13(16)17/h3-5,10H,2,6H2,1H3,(H,14,15). The van der Waals surface area contributed by atoms with Crippen molar-refractivity contribution >= 4 is 27.6 Å². The lowest BCUT2D eigenvalue weighted by molar-refractivity contribution is -0.385. The third-order valence-corrected chi connectivity index (χ3v) is 2.93. The molecule has 0 aromatic heterocycles. The second kappa shape index (κ2) is 6.34. The van der Waals surface area contributed by atoms with E-state index in [9.17, 15) is 14.9 Å². The minimum Gasteiger partial charge on any atom is -0.479 e. The summed E-state index contributed by atoms with van der Waals surface area (Å²) in [4.78, 5) is 21.1. The molecule has 0 aliphatic heterocycles. The van der Waals surface area contributed by atoms with Crippen LogP contribution in [0.4, 0.5) is 5.69 Å². The number of hydrogen-bond acceptors (Lipinski definition) is 4. The molecule has 98 valence electrons. The van der Waals surface area contributed by atoms with Gasteiger partial charge in [-0.3, -0.25) is 10.1 Å². The van der Waals surface area contributed by atoms with E-state index in [1.54, 1.807) is 6.92 Å². The molecule has 0 amide bonds. The summed E-state index contributed by atoms with van der Waals surface area (Å²) in [6, 6.07) is 4.30. The number of ether oxygens (including phenoxy) is 1. The van der Waals surface area contributed by atoms with Crippen molar-refractivity contribution in [2.45, 2.75) is 24.8 Å². The first-order valence-corrected chi connectivity index (χ1v) is 6.34. The van der Waals surface area contributed by atoms with Gasteiger partial charge in [0, 0.05) is 10.9 Å². The molecule has 1 atom stereocenters. The summed E-state index contributed by atoms with van der Waals surface area (Å²) >= 11 is 3.15. The van der Waals surface area contributed by atoms with Crippen LogP contribution >= 0.6 is 15.9 Å². The highest BCUT2D eigenvalue weighted by Crippen LogP contribution is 2.27. The number of hydrogen-bond donors (Lipinski definition) is 1. The lowest BCUT2D eigenvalue weighted by Crippen LogP contribution is -2.25. The van der Waals surface area contributed by atoms with Crippen LogP contribution in [0.2, 0.25) is 0 Å². The Kier molecular flexibility index (Phi) is 5.08. The van der Waals surface area contributed by atoms with Gasteiger partial charge in [0.15, 0.2) is 6.10 Å². The number of carboxylic acid groups (broad SMARTS) is 1. The van der Waals surface area contributed by atoms with E-state index in [1.807, 2.05) is 0 Å². The van der Waals surface area contributed by atoms with E-state index in [4.69, 9.17) is 9.84 Å². The number of nitrogens with zero attached hydrogens (tertiary/aromatic N) is 1. The van der Waals surface area contributed by atoms with Crippen LogP contribution in [0.3, 0.4) is 0 Å². The Morgan fingerprint density at radius 3 is 2.72 bits per heavy atom. The largest absolute Gasteiger partial charge is 0.479 e. The van der Waals surface area contributed by atoms with Crippen LogP contribution in [0.25, 0.3) is 0 Å². The SMILES string of the molecule is CCC(Oc1ccc(CBr)c([N+](=O)[O-])c1)C(=O)O. The van der Waals surface area contributed by atoms with Crippen LogP contribution in [0, 0.1) is 10.1 Å². The molecule has 0 aliphatic carbocycles. The fourth-order valence-electron chi connectivity index (χ4n) is 1.37. The van der Waals surface area contributed by atoms with Gasteiger partial charge in [0.1, 0.15) is 5.75 Å². The third kappa shape index (κ3) is 3.43. The van der Waals surface area contributed by atoms with E-state index in [0.29, 0.717) is 10.9 Å². The van der Waals surface area contributed by atoms with Crippen molar-refractivity contribution in [2.75, 3.05) is 0 Å². The van der Waals surface area contributed by atoms with Gasteiger partial charge in [0.05, 0.1) is 11.0 Å². The maximum Gasteiger partial charge on any atom is 0.344 e. The molecule has 0 bridgehead atoms. The Balaban J connectivity index is 3.01. The number of carbonyl (C=O) groups is 1. The average Bonchev–Trinajstić information content (AvgIpc) is 2.35. The predicted octanol–water partition coefficient (Wildman–Crippen LogP) is 2.73. The summed E-state index contributed by atoms with van der Waals surface area (Å²) < 4.78 is 5.20. The van der Waals surface area contributed by atoms with Gasteiger partial charge in [0.2, 0.25) is 0 Å². The second-order valence-electron chi connectivity index (χ2n) is 3.53. The van der Waals surface area contributed by atoms with E-state index in [2.05, 4.69) is 15.9 Å². The van der Waals surface area contributed by atoms with E-state index >= 15 is 0 Å². The molecule has 1 aromatic carbocycles. The first-order valence-electron chi connectivity index (χ1n) is 5.22. The number of carboxylic acids is 1. The highest BCUT2D eigenvalue weighted by atomic mass is 79.9. The molecule has 1 unspecified atom stereocenters. The van der Waals surface area contributed by atoms with Gasteiger partial charge >= 0.3 is 5.97 Å². The molecule has 0 spiro atoms. The number of halogens is 1. The van der Waals surface area contributed by atoms with E-state index in [0.717, 1.165) is 0 Å². The summed E-state index contributed by atoms with van der Waals surface area (Å²) in [5, 5.41) is 20.0. The molecule has 7 heteroatoms. The van der Waals surface area contributed by atoms with Gasteiger partial charge in [-0.05, 0) is 18.6 Å². The van der Waals surface area contributed by atoms with Crippen LogP contribution in [0.1, 0.15) is 18.9 Å². The molecular weight excluding hydrogens is 306 g/mol. The summed E-state index contributed by atoms with van der Waals surface area (Å²) in [7, 11) is 0. The van der Waals surface area contributed by atoms with Crippen molar-refractivity contribution in [2.24, 2.45) is 0 Å². The van der Waals surface area contributed by atoms with Crippen molar-refractivity contribution in [1.29, 1.82) is 0 Å². The summed E-state index contributed by atoms with van der Waals surface area (Å²) in [6.07, 6.45) is -0.719. The Bertz CT molecular complexity index is 463. The molecule has 0 aliphatic rings. The summed E-state index contributed by atoms with van der Waals surface area (Å²) in [5.41, 5.74) is 0.417. The lowest BCUT2D eigenvalue weighted by atomic mass is 10.2. The minimum atomic E-state index is -1.09. The fraction of sp³-hybridized carbons (Fsp3) is 0.364. The summed E-state index contributed by atoms with van der Waals surface area (Å²) in [5.74, 6) is -0.912. The summed E-state index contributed by atoms with van der Waals surface area (Å²) in [6.45, 7) is 1.67. The Morgan fingerprint density at radius 2 is 2.28 bits per heavy atom. The molecule has 0 radical (unpaired) electrons. The maximum absolute atomic E-state index is 10.8. The van der Waals surface area contributed by atoms with Gasteiger partial charge in [-0.1, -0.05) is 22.9 Å². The van der Waals surface area contributed by atoms with Crippen LogP contribution in [-0.4, -0.2) is 22.1 Å². The molecule has 1 rings (SSSR count). The Morgan fingerprint density at radius 1 is 1.61 bits per heavy atom. The van der Waals surface area contributed by atoms with Crippen LogP contribution in [0.15, 0.2) is 18.2 Å². The number of benzene rings is 1. The van der Waals surface area contributed by atoms with Crippen molar-refractivity contribution in [3.8, 4) is 5.75 Å². The van der Waals surface area contributed by atoms with Gasteiger partial charge in [-0.15, -0.1) is 0 Å². The van der Waals surface area contributed by atoms with E-state index in [1.165, 1.54) is 18.2 Å². The number of alkyl halides is 1. The maximum atomic E-state index is 10.8. The van der Waals surface area contributed by atoms with Gasteiger partial charge in [0.25, 0.3) is 5.69 Å². The van der Waals surface area contributed by atoms with Crippen molar-refractivity contribution in [1.82, 2.24) is 0 Å². The zero-order valence-electron chi connectivity index (χ0n) is 9.63.